The fourth-order valence-corrected chi connectivity index (χ4v) is 2.47. The second-order valence-corrected chi connectivity index (χ2v) is 6.17. The highest BCUT2D eigenvalue weighted by atomic mass is 16.6. The molecule has 0 aromatic carbocycles. The van der Waals surface area contributed by atoms with Crippen LogP contribution in [-0.2, 0) is 9.53 Å². The van der Waals surface area contributed by atoms with Gasteiger partial charge >= 0.3 is 5.97 Å². The molecule has 0 unspecified atom stereocenters. The molecular formula is C13H24N2O2. The third kappa shape index (κ3) is 3.42. The van der Waals surface area contributed by atoms with Crippen LogP contribution in [0.5, 0.6) is 0 Å². The van der Waals surface area contributed by atoms with Crippen molar-refractivity contribution in [3.8, 4) is 0 Å². The monoisotopic (exact) mass is 240 g/mol. The first kappa shape index (κ1) is 12.8. The molecule has 4 heteroatoms. The van der Waals surface area contributed by atoms with Gasteiger partial charge in [0, 0.05) is 19.1 Å². The van der Waals surface area contributed by atoms with E-state index in [1.54, 1.807) is 0 Å². The number of carbonyl (C=O) groups is 1. The van der Waals surface area contributed by atoms with Crippen LogP contribution in [0.3, 0.4) is 0 Å². The van der Waals surface area contributed by atoms with E-state index in [-0.39, 0.29) is 17.5 Å². The van der Waals surface area contributed by atoms with Crippen LogP contribution in [0.25, 0.3) is 0 Å². The molecule has 2 rings (SSSR count). The van der Waals surface area contributed by atoms with E-state index in [2.05, 4.69) is 10.2 Å². The minimum Gasteiger partial charge on any atom is -0.460 e. The number of piperidine rings is 1. The summed E-state index contributed by atoms with van der Waals surface area (Å²) in [6, 6.07) is 0.523. The molecule has 2 aliphatic rings. The van der Waals surface area contributed by atoms with Crippen molar-refractivity contribution in [2.24, 2.45) is 5.92 Å². The Hall–Kier alpha value is -0.610. The summed E-state index contributed by atoms with van der Waals surface area (Å²) in [5.74, 6) is -0.0243. The van der Waals surface area contributed by atoms with Crippen molar-refractivity contribution >= 4 is 5.97 Å². The van der Waals surface area contributed by atoms with Gasteiger partial charge in [-0.3, -0.25) is 9.69 Å². The van der Waals surface area contributed by atoms with Gasteiger partial charge in [-0.1, -0.05) is 0 Å². The Bertz CT molecular complexity index is 282. The molecule has 2 heterocycles. The third-order valence-corrected chi connectivity index (χ3v) is 3.47. The van der Waals surface area contributed by atoms with Crippen molar-refractivity contribution in [2.75, 3.05) is 26.2 Å². The molecule has 0 aromatic heterocycles. The maximum absolute atomic E-state index is 12.0. The van der Waals surface area contributed by atoms with Gasteiger partial charge in [0.25, 0.3) is 0 Å². The highest BCUT2D eigenvalue weighted by Gasteiger charge is 2.34. The van der Waals surface area contributed by atoms with Crippen LogP contribution in [-0.4, -0.2) is 48.7 Å². The van der Waals surface area contributed by atoms with Gasteiger partial charge in [0.15, 0.2) is 0 Å². The third-order valence-electron chi connectivity index (χ3n) is 3.47. The summed E-state index contributed by atoms with van der Waals surface area (Å²) in [5.41, 5.74) is -0.374. The molecule has 0 saturated carbocycles. The first-order valence-corrected chi connectivity index (χ1v) is 6.63. The van der Waals surface area contributed by atoms with Crippen LogP contribution < -0.4 is 5.32 Å². The van der Waals surface area contributed by atoms with E-state index in [1.807, 2.05) is 20.8 Å². The van der Waals surface area contributed by atoms with Crippen molar-refractivity contribution in [3.05, 3.63) is 0 Å². The van der Waals surface area contributed by atoms with E-state index in [0.29, 0.717) is 6.04 Å². The fraction of sp³-hybridized carbons (Fsp3) is 0.923. The zero-order chi connectivity index (χ0) is 12.5. The highest BCUT2D eigenvalue weighted by Crippen LogP contribution is 2.22. The molecule has 0 bridgehead atoms. The number of hydrogen-bond donors (Lipinski definition) is 1. The molecular weight excluding hydrogens is 216 g/mol. The van der Waals surface area contributed by atoms with Crippen molar-refractivity contribution < 1.29 is 9.53 Å². The lowest BCUT2D eigenvalue weighted by atomic mass is 9.93. The Labute approximate surface area is 104 Å². The second kappa shape index (κ2) is 4.94. The van der Waals surface area contributed by atoms with E-state index < -0.39 is 0 Å². The smallest absolute Gasteiger partial charge is 0.310 e. The topological polar surface area (TPSA) is 41.6 Å². The van der Waals surface area contributed by atoms with Crippen molar-refractivity contribution in [1.29, 1.82) is 0 Å². The molecule has 2 aliphatic heterocycles. The minimum atomic E-state index is -0.374. The molecule has 98 valence electrons. The zero-order valence-corrected chi connectivity index (χ0v) is 11.2. The molecule has 17 heavy (non-hydrogen) atoms. The molecule has 0 spiro atoms. The first-order valence-electron chi connectivity index (χ1n) is 6.63. The number of ether oxygens (including phenoxy) is 1. The Balaban J connectivity index is 1.85. The van der Waals surface area contributed by atoms with Crippen molar-refractivity contribution in [2.45, 2.75) is 45.3 Å². The Morgan fingerprint density at radius 3 is 2.53 bits per heavy atom. The number of likely N-dealkylation sites (tertiary alicyclic amines) is 1. The zero-order valence-electron chi connectivity index (χ0n) is 11.2. The van der Waals surface area contributed by atoms with Gasteiger partial charge in [-0.2, -0.15) is 0 Å². The molecule has 2 fully saturated rings. The summed E-state index contributed by atoms with van der Waals surface area (Å²) in [6.45, 7) is 9.93. The van der Waals surface area contributed by atoms with Crippen LogP contribution in [0.1, 0.15) is 33.6 Å². The molecule has 4 nitrogen and oxygen atoms in total. The van der Waals surface area contributed by atoms with Gasteiger partial charge in [-0.05, 0) is 46.7 Å². The average Bonchev–Trinajstić information content (AvgIpc) is 2.12. The molecule has 2 saturated heterocycles. The van der Waals surface area contributed by atoms with Gasteiger partial charge in [0.2, 0.25) is 0 Å². The Morgan fingerprint density at radius 1 is 1.29 bits per heavy atom. The lowest BCUT2D eigenvalue weighted by molar-refractivity contribution is -0.161. The average molecular weight is 240 g/mol. The van der Waals surface area contributed by atoms with Gasteiger partial charge < -0.3 is 10.1 Å². The predicted octanol–water partition coefficient (Wildman–Crippen LogP) is 1.01. The van der Waals surface area contributed by atoms with Gasteiger partial charge in [-0.15, -0.1) is 0 Å². The Morgan fingerprint density at radius 2 is 2.00 bits per heavy atom. The normalized spacial score (nSPS) is 30.8. The second-order valence-electron chi connectivity index (χ2n) is 6.17. The lowest BCUT2D eigenvalue weighted by Crippen LogP contribution is -2.55. The quantitative estimate of drug-likeness (QED) is 0.732. The standard InChI is InChI=1S/C13H24N2O2/c1-13(2,3)17-12(16)10-7-11(9-14-8-10)15-5-4-6-15/h10-11,14H,4-9H2,1-3H3/t10-,11+/m1/s1. The van der Waals surface area contributed by atoms with Gasteiger partial charge in [0.1, 0.15) is 5.60 Å². The summed E-state index contributed by atoms with van der Waals surface area (Å²) in [5, 5.41) is 3.36. The first-order chi connectivity index (χ1) is 7.96. The number of rotatable bonds is 2. The molecule has 2 atom stereocenters. The molecule has 0 amide bonds. The van der Waals surface area contributed by atoms with E-state index in [1.165, 1.54) is 19.5 Å². The number of nitrogens with one attached hydrogen (secondary N) is 1. The minimum absolute atomic E-state index is 0.0218. The van der Waals surface area contributed by atoms with E-state index in [0.717, 1.165) is 19.5 Å². The van der Waals surface area contributed by atoms with Crippen LogP contribution >= 0.6 is 0 Å². The van der Waals surface area contributed by atoms with E-state index in [9.17, 15) is 4.79 Å². The number of esters is 1. The highest BCUT2D eigenvalue weighted by molar-refractivity contribution is 5.73. The largest absolute Gasteiger partial charge is 0.460 e. The van der Waals surface area contributed by atoms with Gasteiger partial charge in [-0.25, -0.2) is 0 Å². The summed E-state index contributed by atoms with van der Waals surface area (Å²) >= 11 is 0. The van der Waals surface area contributed by atoms with E-state index in [4.69, 9.17) is 4.74 Å². The van der Waals surface area contributed by atoms with Crippen molar-refractivity contribution in [3.63, 3.8) is 0 Å². The summed E-state index contributed by atoms with van der Waals surface area (Å²) < 4.78 is 5.46. The lowest BCUT2D eigenvalue weighted by Gasteiger charge is -2.42. The van der Waals surface area contributed by atoms with Gasteiger partial charge in [0.05, 0.1) is 5.92 Å². The van der Waals surface area contributed by atoms with Crippen LogP contribution in [0.2, 0.25) is 0 Å². The molecule has 0 aromatic rings. The van der Waals surface area contributed by atoms with Crippen molar-refractivity contribution in [1.82, 2.24) is 10.2 Å². The molecule has 1 N–H and O–H groups in total. The number of carbonyl (C=O) groups excluding carboxylic acids is 1. The van der Waals surface area contributed by atoms with Crippen LogP contribution in [0, 0.1) is 5.92 Å². The maximum Gasteiger partial charge on any atom is 0.310 e. The SMILES string of the molecule is CC(C)(C)OC(=O)[C@H]1CNC[C@@H](N2CCC2)C1. The Kier molecular flexibility index (Phi) is 3.73. The maximum atomic E-state index is 12.0. The summed E-state index contributed by atoms with van der Waals surface area (Å²) in [6.07, 6.45) is 2.25. The fourth-order valence-electron chi connectivity index (χ4n) is 2.47. The van der Waals surface area contributed by atoms with Crippen LogP contribution in [0.15, 0.2) is 0 Å². The predicted molar refractivity (Wildman–Crippen MR) is 66.8 cm³/mol. The van der Waals surface area contributed by atoms with E-state index >= 15 is 0 Å². The molecule has 0 radical (unpaired) electrons. The number of hydrogen-bond acceptors (Lipinski definition) is 4. The summed E-state index contributed by atoms with van der Waals surface area (Å²) in [7, 11) is 0. The summed E-state index contributed by atoms with van der Waals surface area (Å²) in [4.78, 5) is 14.5. The number of nitrogens with zero attached hydrogens (tertiary/aromatic N) is 1. The molecule has 0 aliphatic carbocycles. The van der Waals surface area contributed by atoms with Crippen LogP contribution in [0.4, 0.5) is 0 Å².